The van der Waals surface area contributed by atoms with Crippen molar-refractivity contribution in [2.24, 2.45) is 5.73 Å². The Morgan fingerprint density at radius 3 is 2.83 bits per heavy atom. The topological polar surface area (TPSA) is 48.1 Å². The molecule has 0 spiro atoms. The number of ether oxygens (including phenoxy) is 1. The number of aromatic nitrogens is 1. The predicted molar refractivity (Wildman–Crippen MR) is 75.5 cm³/mol. The van der Waals surface area contributed by atoms with E-state index >= 15 is 0 Å². The van der Waals surface area contributed by atoms with Crippen molar-refractivity contribution < 1.29 is 4.74 Å². The van der Waals surface area contributed by atoms with Crippen LogP contribution in [-0.4, -0.2) is 11.5 Å². The van der Waals surface area contributed by atoms with E-state index in [0.29, 0.717) is 12.3 Å². The number of benzene rings is 1. The summed E-state index contributed by atoms with van der Waals surface area (Å²) in [5.41, 5.74) is 8.06. The minimum absolute atomic E-state index is 0.152. The SMILES string of the molecule is Cc1cccc(C(CN)Oc2cncc(Br)c2)c1. The lowest BCUT2D eigenvalue weighted by Crippen LogP contribution is -2.18. The zero-order chi connectivity index (χ0) is 13.0. The Balaban J connectivity index is 2.19. The molecule has 2 aromatic rings. The van der Waals surface area contributed by atoms with Gasteiger partial charge in [-0.15, -0.1) is 0 Å². The third-order valence-corrected chi connectivity index (χ3v) is 3.02. The maximum absolute atomic E-state index is 5.87. The molecule has 0 aliphatic heterocycles. The van der Waals surface area contributed by atoms with Gasteiger partial charge < -0.3 is 10.5 Å². The monoisotopic (exact) mass is 306 g/mol. The van der Waals surface area contributed by atoms with Gasteiger partial charge in [-0.05, 0) is 34.5 Å². The number of aryl methyl sites for hydroxylation is 1. The van der Waals surface area contributed by atoms with Crippen LogP contribution in [0.15, 0.2) is 47.2 Å². The van der Waals surface area contributed by atoms with Crippen molar-refractivity contribution in [3.05, 3.63) is 58.3 Å². The summed E-state index contributed by atoms with van der Waals surface area (Å²) >= 11 is 3.37. The lowest BCUT2D eigenvalue weighted by Gasteiger charge is -2.18. The van der Waals surface area contributed by atoms with E-state index in [-0.39, 0.29) is 6.10 Å². The minimum atomic E-state index is -0.152. The zero-order valence-corrected chi connectivity index (χ0v) is 11.7. The summed E-state index contributed by atoms with van der Waals surface area (Å²) in [4.78, 5) is 4.07. The molecule has 0 aliphatic carbocycles. The highest BCUT2D eigenvalue weighted by Crippen LogP contribution is 2.23. The van der Waals surface area contributed by atoms with E-state index in [1.54, 1.807) is 12.4 Å². The van der Waals surface area contributed by atoms with E-state index < -0.39 is 0 Å². The number of pyridine rings is 1. The molecule has 3 nitrogen and oxygen atoms in total. The average molecular weight is 307 g/mol. The van der Waals surface area contributed by atoms with Crippen LogP contribution >= 0.6 is 15.9 Å². The summed E-state index contributed by atoms with van der Waals surface area (Å²) in [7, 11) is 0. The first-order valence-corrected chi connectivity index (χ1v) is 6.52. The first-order valence-electron chi connectivity index (χ1n) is 5.73. The van der Waals surface area contributed by atoms with Gasteiger partial charge >= 0.3 is 0 Å². The fraction of sp³-hybridized carbons (Fsp3) is 0.214. The van der Waals surface area contributed by atoms with Gasteiger partial charge in [0.05, 0.1) is 6.20 Å². The molecule has 0 aliphatic rings. The fourth-order valence-corrected chi connectivity index (χ4v) is 2.09. The highest BCUT2D eigenvalue weighted by Gasteiger charge is 2.11. The summed E-state index contributed by atoms with van der Waals surface area (Å²) in [5.74, 6) is 0.710. The number of halogens is 1. The maximum atomic E-state index is 5.87. The molecular formula is C14H15BrN2O. The third-order valence-electron chi connectivity index (χ3n) is 2.59. The van der Waals surface area contributed by atoms with Gasteiger partial charge in [0.25, 0.3) is 0 Å². The molecule has 1 aromatic carbocycles. The van der Waals surface area contributed by atoms with E-state index in [0.717, 1.165) is 10.0 Å². The van der Waals surface area contributed by atoms with Gasteiger partial charge in [0.15, 0.2) is 0 Å². The first kappa shape index (κ1) is 13.1. The molecule has 2 N–H and O–H groups in total. The van der Waals surface area contributed by atoms with Crippen molar-refractivity contribution in [3.8, 4) is 5.75 Å². The van der Waals surface area contributed by atoms with Gasteiger partial charge in [-0.1, -0.05) is 29.8 Å². The Hall–Kier alpha value is -1.39. The molecule has 18 heavy (non-hydrogen) atoms. The fourth-order valence-electron chi connectivity index (χ4n) is 1.74. The van der Waals surface area contributed by atoms with E-state index in [2.05, 4.69) is 40.0 Å². The molecule has 1 heterocycles. The molecule has 0 bridgehead atoms. The van der Waals surface area contributed by atoms with Crippen molar-refractivity contribution in [3.63, 3.8) is 0 Å². The Kier molecular flexibility index (Phi) is 4.33. The molecule has 4 heteroatoms. The highest BCUT2D eigenvalue weighted by atomic mass is 79.9. The summed E-state index contributed by atoms with van der Waals surface area (Å²) in [6.45, 7) is 2.48. The molecule has 0 fully saturated rings. The standard InChI is InChI=1S/C14H15BrN2O/c1-10-3-2-4-11(5-10)14(7-16)18-13-6-12(15)8-17-9-13/h2-6,8-9,14H,7,16H2,1H3. The lowest BCUT2D eigenvalue weighted by molar-refractivity contribution is 0.213. The second-order valence-corrected chi connectivity index (χ2v) is 5.01. The second kappa shape index (κ2) is 5.98. The summed E-state index contributed by atoms with van der Waals surface area (Å²) < 4.78 is 6.76. The molecule has 1 unspecified atom stereocenters. The van der Waals surface area contributed by atoms with Gasteiger partial charge in [0, 0.05) is 17.2 Å². The van der Waals surface area contributed by atoms with Crippen molar-refractivity contribution in [2.75, 3.05) is 6.54 Å². The Bertz CT molecular complexity index is 531. The van der Waals surface area contributed by atoms with E-state index in [1.165, 1.54) is 5.56 Å². The van der Waals surface area contributed by atoms with E-state index in [4.69, 9.17) is 10.5 Å². The van der Waals surface area contributed by atoms with Crippen molar-refractivity contribution in [1.82, 2.24) is 4.98 Å². The van der Waals surface area contributed by atoms with Crippen LogP contribution in [0.5, 0.6) is 5.75 Å². The number of nitrogens with zero attached hydrogens (tertiary/aromatic N) is 1. The van der Waals surface area contributed by atoms with Gasteiger partial charge in [0.2, 0.25) is 0 Å². The van der Waals surface area contributed by atoms with Crippen molar-refractivity contribution >= 4 is 15.9 Å². The van der Waals surface area contributed by atoms with E-state index in [9.17, 15) is 0 Å². The summed E-state index contributed by atoms with van der Waals surface area (Å²) in [5, 5.41) is 0. The molecule has 0 saturated heterocycles. The first-order chi connectivity index (χ1) is 8.69. The van der Waals surface area contributed by atoms with Crippen LogP contribution in [0.1, 0.15) is 17.2 Å². The number of nitrogens with two attached hydrogens (primary N) is 1. The quantitative estimate of drug-likeness (QED) is 0.943. The summed E-state index contributed by atoms with van der Waals surface area (Å²) in [6, 6.07) is 10.1. The number of hydrogen-bond acceptors (Lipinski definition) is 3. The minimum Gasteiger partial charge on any atom is -0.483 e. The van der Waals surface area contributed by atoms with Crippen molar-refractivity contribution in [2.45, 2.75) is 13.0 Å². The van der Waals surface area contributed by atoms with Crippen molar-refractivity contribution in [1.29, 1.82) is 0 Å². The molecule has 1 aromatic heterocycles. The third kappa shape index (κ3) is 3.31. The van der Waals surface area contributed by atoms with Crippen LogP contribution in [0.2, 0.25) is 0 Å². The number of hydrogen-bond donors (Lipinski definition) is 1. The second-order valence-electron chi connectivity index (χ2n) is 4.10. The Morgan fingerprint density at radius 2 is 2.17 bits per heavy atom. The molecule has 0 radical (unpaired) electrons. The van der Waals surface area contributed by atoms with Crippen LogP contribution in [0, 0.1) is 6.92 Å². The molecule has 0 saturated carbocycles. The summed E-state index contributed by atoms with van der Waals surface area (Å²) in [6.07, 6.45) is 3.25. The van der Waals surface area contributed by atoms with Crippen LogP contribution < -0.4 is 10.5 Å². The average Bonchev–Trinajstić information content (AvgIpc) is 2.36. The smallest absolute Gasteiger partial charge is 0.139 e. The largest absolute Gasteiger partial charge is 0.483 e. The normalized spacial score (nSPS) is 12.2. The van der Waals surface area contributed by atoms with Gasteiger partial charge in [-0.25, -0.2) is 0 Å². The number of rotatable bonds is 4. The highest BCUT2D eigenvalue weighted by molar-refractivity contribution is 9.10. The zero-order valence-electron chi connectivity index (χ0n) is 10.1. The van der Waals surface area contributed by atoms with E-state index in [1.807, 2.05) is 18.2 Å². The Labute approximate surface area is 115 Å². The van der Waals surface area contributed by atoms with Gasteiger partial charge in [-0.2, -0.15) is 0 Å². The van der Waals surface area contributed by atoms with Gasteiger partial charge in [-0.3, -0.25) is 4.98 Å². The van der Waals surface area contributed by atoms with Crippen LogP contribution in [0.3, 0.4) is 0 Å². The maximum Gasteiger partial charge on any atom is 0.139 e. The lowest BCUT2D eigenvalue weighted by atomic mass is 10.1. The molecule has 1 atom stereocenters. The molecule has 0 amide bonds. The van der Waals surface area contributed by atoms with Crippen LogP contribution in [-0.2, 0) is 0 Å². The molecular weight excluding hydrogens is 292 g/mol. The van der Waals surface area contributed by atoms with Crippen LogP contribution in [0.4, 0.5) is 0 Å². The molecule has 2 rings (SSSR count). The van der Waals surface area contributed by atoms with Crippen LogP contribution in [0.25, 0.3) is 0 Å². The Morgan fingerprint density at radius 1 is 1.33 bits per heavy atom. The van der Waals surface area contributed by atoms with Gasteiger partial charge in [0.1, 0.15) is 11.9 Å². The molecule has 94 valence electrons. The predicted octanol–water partition coefficient (Wildman–Crippen LogP) is 3.23.